The highest BCUT2D eigenvalue weighted by molar-refractivity contribution is 5.33. The van der Waals surface area contributed by atoms with E-state index in [1.807, 2.05) is 11.7 Å². The molecule has 0 aliphatic rings. The van der Waals surface area contributed by atoms with Gasteiger partial charge >= 0.3 is 0 Å². The molecule has 3 heteroatoms. The molecule has 0 spiro atoms. The van der Waals surface area contributed by atoms with Crippen LogP contribution in [0.2, 0.25) is 0 Å². The maximum Gasteiger partial charge on any atom is 0.0641 e. The fourth-order valence-electron chi connectivity index (χ4n) is 2.82. The van der Waals surface area contributed by atoms with Gasteiger partial charge in [-0.15, -0.1) is 0 Å². The molecule has 1 N–H and O–H groups in total. The van der Waals surface area contributed by atoms with Gasteiger partial charge in [-0.05, 0) is 45.7 Å². The zero-order valence-electron chi connectivity index (χ0n) is 13.4. The second-order valence-corrected chi connectivity index (χ2v) is 5.81. The van der Waals surface area contributed by atoms with Crippen molar-refractivity contribution in [2.45, 2.75) is 46.7 Å². The zero-order valence-corrected chi connectivity index (χ0v) is 13.4. The molecule has 0 saturated heterocycles. The standard InChI is InChI=1S/C17H25N3/c1-11-7-8-12(2)16(9-11)13(3)18-14(4)17-10-20(6)19-15(17)5/h7-10,13-14,18H,1-6H3. The van der Waals surface area contributed by atoms with E-state index in [1.165, 1.54) is 22.3 Å². The molecule has 0 aliphatic heterocycles. The lowest BCUT2D eigenvalue weighted by Crippen LogP contribution is -2.23. The van der Waals surface area contributed by atoms with Crippen molar-refractivity contribution in [1.29, 1.82) is 0 Å². The van der Waals surface area contributed by atoms with Gasteiger partial charge in [0.1, 0.15) is 0 Å². The van der Waals surface area contributed by atoms with Gasteiger partial charge in [-0.1, -0.05) is 23.8 Å². The molecule has 1 aromatic carbocycles. The quantitative estimate of drug-likeness (QED) is 0.917. The largest absolute Gasteiger partial charge is 0.304 e. The summed E-state index contributed by atoms with van der Waals surface area (Å²) in [5.41, 5.74) is 6.39. The summed E-state index contributed by atoms with van der Waals surface area (Å²) in [7, 11) is 1.97. The first-order valence-electron chi connectivity index (χ1n) is 7.22. The van der Waals surface area contributed by atoms with Gasteiger partial charge < -0.3 is 5.32 Å². The van der Waals surface area contributed by atoms with E-state index in [2.05, 4.69) is 69.4 Å². The van der Waals surface area contributed by atoms with Gasteiger partial charge in [0.2, 0.25) is 0 Å². The minimum absolute atomic E-state index is 0.290. The summed E-state index contributed by atoms with van der Waals surface area (Å²) >= 11 is 0. The van der Waals surface area contributed by atoms with Crippen molar-refractivity contribution >= 4 is 0 Å². The average molecular weight is 271 g/mol. The van der Waals surface area contributed by atoms with Crippen LogP contribution in [0.5, 0.6) is 0 Å². The number of benzene rings is 1. The first-order valence-corrected chi connectivity index (χ1v) is 7.22. The van der Waals surface area contributed by atoms with Crippen molar-refractivity contribution in [2.24, 2.45) is 7.05 Å². The lowest BCUT2D eigenvalue weighted by Gasteiger charge is -2.22. The third-order valence-corrected chi connectivity index (χ3v) is 3.92. The van der Waals surface area contributed by atoms with E-state index in [9.17, 15) is 0 Å². The predicted molar refractivity (Wildman–Crippen MR) is 83.8 cm³/mol. The maximum atomic E-state index is 4.42. The second-order valence-electron chi connectivity index (χ2n) is 5.81. The normalized spacial score (nSPS) is 14.3. The number of hydrogen-bond donors (Lipinski definition) is 1. The SMILES string of the molecule is Cc1ccc(C)c(C(C)NC(C)c2cn(C)nc2C)c1. The van der Waals surface area contributed by atoms with Crippen LogP contribution in [0.3, 0.4) is 0 Å². The summed E-state index contributed by atoms with van der Waals surface area (Å²) in [6, 6.07) is 7.25. The van der Waals surface area contributed by atoms with Gasteiger partial charge in [0.05, 0.1) is 5.69 Å². The van der Waals surface area contributed by atoms with Gasteiger partial charge in [0.25, 0.3) is 0 Å². The molecule has 0 fully saturated rings. The summed E-state index contributed by atoms with van der Waals surface area (Å²) < 4.78 is 1.88. The Morgan fingerprint density at radius 2 is 1.70 bits per heavy atom. The lowest BCUT2D eigenvalue weighted by atomic mass is 9.98. The van der Waals surface area contributed by atoms with Gasteiger partial charge in [-0.25, -0.2) is 0 Å². The Hall–Kier alpha value is -1.61. The topological polar surface area (TPSA) is 29.9 Å². The van der Waals surface area contributed by atoms with E-state index < -0.39 is 0 Å². The van der Waals surface area contributed by atoms with E-state index in [4.69, 9.17) is 0 Å². The highest BCUT2D eigenvalue weighted by Crippen LogP contribution is 2.23. The fraction of sp³-hybridized carbons (Fsp3) is 0.471. The molecule has 0 saturated carbocycles. The van der Waals surface area contributed by atoms with E-state index in [0.717, 1.165) is 5.69 Å². The Balaban J connectivity index is 2.17. The molecule has 2 unspecified atom stereocenters. The molecule has 0 amide bonds. The first-order chi connectivity index (χ1) is 9.38. The number of nitrogens with zero attached hydrogens (tertiary/aromatic N) is 2. The van der Waals surface area contributed by atoms with Crippen molar-refractivity contribution < 1.29 is 0 Å². The van der Waals surface area contributed by atoms with Crippen LogP contribution in [-0.2, 0) is 7.05 Å². The first kappa shape index (κ1) is 14.8. The Morgan fingerprint density at radius 1 is 1.05 bits per heavy atom. The van der Waals surface area contributed by atoms with Crippen LogP contribution in [0.15, 0.2) is 24.4 Å². The van der Waals surface area contributed by atoms with Gasteiger partial charge in [0, 0.05) is 30.9 Å². The zero-order chi connectivity index (χ0) is 14.9. The van der Waals surface area contributed by atoms with Gasteiger partial charge in [-0.3, -0.25) is 4.68 Å². The van der Waals surface area contributed by atoms with Crippen molar-refractivity contribution in [3.05, 3.63) is 52.3 Å². The molecule has 20 heavy (non-hydrogen) atoms. The van der Waals surface area contributed by atoms with Crippen LogP contribution < -0.4 is 5.32 Å². The van der Waals surface area contributed by atoms with Crippen LogP contribution in [0.1, 0.15) is 53.9 Å². The molecule has 0 bridgehead atoms. The number of aryl methyl sites for hydroxylation is 4. The van der Waals surface area contributed by atoms with Crippen LogP contribution in [0, 0.1) is 20.8 Å². The molecule has 0 aliphatic carbocycles. The minimum atomic E-state index is 0.290. The van der Waals surface area contributed by atoms with Crippen LogP contribution in [0.4, 0.5) is 0 Å². The van der Waals surface area contributed by atoms with Crippen LogP contribution >= 0.6 is 0 Å². The minimum Gasteiger partial charge on any atom is -0.304 e. The van der Waals surface area contributed by atoms with Crippen LogP contribution in [-0.4, -0.2) is 9.78 Å². The highest BCUT2D eigenvalue weighted by atomic mass is 15.3. The van der Waals surface area contributed by atoms with Crippen molar-refractivity contribution in [3.8, 4) is 0 Å². The Bertz CT molecular complexity index is 598. The molecule has 2 atom stereocenters. The number of nitrogens with one attached hydrogen (secondary N) is 1. The second kappa shape index (κ2) is 5.80. The Labute approximate surface area is 122 Å². The van der Waals surface area contributed by atoms with Gasteiger partial charge in [0.15, 0.2) is 0 Å². The molecule has 108 valence electrons. The van der Waals surface area contributed by atoms with E-state index in [-0.39, 0.29) is 0 Å². The average Bonchev–Trinajstić information content (AvgIpc) is 2.71. The third kappa shape index (κ3) is 3.10. The summed E-state index contributed by atoms with van der Waals surface area (Å²) in [5.74, 6) is 0. The fourth-order valence-corrected chi connectivity index (χ4v) is 2.82. The van der Waals surface area contributed by atoms with Crippen molar-refractivity contribution in [3.63, 3.8) is 0 Å². The molecule has 0 radical (unpaired) electrons. The number of hydrogen-bond acceptors (Lipinski definition) is 2. The smallest absolute Gasteiger partial charge is 0.0641 e. The molecular weight excluding hydrogens is 246 g/mol. The van der Waals surface area contributed by atoms with Gasteiger partial charge in [-0.2, -0.15) is 5.10 Å². The summed E-state index contributed by atoms with van der Waals surface area (Å²) in [4.78, 5) is 0. The molecule has 2 rings (SSSR count). The summed E-state index contributed by atoms with van der Waals surface area (Å²) in [6.45, 7) is 10.8. The molecule has 2 aromatic rings. The predicted octanol–water partition coefficient (Wildman–Crippen LogP) is 3.76. The highest BCUT2D eigenvalue weighted by Gasteiger charge is 2.16. The van der Waals surface area contributed by atoms with Crippen molar-refractivity contribution in [2.75, 3.05) is 0 Å². The van der Waals surface area contributed by atoms with E-state index in [0.29, 0.717) is 12.1 Å². The maximum absolute atomic E-state index is 4.42. The van der Waals surface area contributed by atoms with Crippen LogP contribution in [0.25, 0.3) is 0 Å². The Morgan fingerprint density at radius 3 is 2.30 bits per heavy atom. The van der Waals surface area contributed by atoms with E-state index >= 15 is 0 Å². The Kier molecular flexibility index (Phi) is 4.29. The lowest BCUT2D eigenvalue weighted by molar-refractivity contribution is 0.491. The third-order valence-electron chi connectivity index (χ3n) is 3.92. The molecular formula is C17H25N3. The summed E-state index contributed by atoms with van der Waals surface area (Å²) in [6.07, 6.45) is 2.10. The van der Waals surface area contributed by atoms with Crippen molar-refractivity contribution in [1.82, 2.24) is 15.1 Å². The summed E-state index contributed by atoms with van der Waals surface area (Å²) in [5, 5.41) is 8.10. The molecule has 1 heterocycles. The molecule has 3 nitrogen and oxygen atoms in total. The monoisotopic (exact) mass is 271 g/mol. The molecule has 1 aromatic heterocycles. The number of aromatic nitrogens is 2. The van der Waals surface area contributed by atoms with E-state index in [1.54, 1.807) is 0 Å². The number of rotatable bonds is 4.